The van der Waals surface area contributed by atoms with Crippen LogP contribution >= 0.6 is 23.2 Å². The van der Waals surface area contributed by atoms with Gasteiger partial charge in [-0.1, -0.05) is 40.9 Å². The van der Waals surface area contributed by atoms with Crippen LogP contribution in [0.5, 0.6) is 5.75 Å². The van der Waals surface area contributed by atoms with Gasteiger partial charge in [-0.15, -0.1) is 0 Å². The van der Waals surface area contributed by atoms with Crippen molar-refractivity contribution in [2.24, 2.45) is 0 Å². The van der Waals surface area contributed by atoms with Crippen molar-refractivity contribution in [3.63, 3.8) is 0 Å². The molecule has 2 N–H and O–H groups in total. The summed E-state index contributed by atoms with van der Waals surface area (Å²) in [7, 11) is 1.58. The van der Waals surface area contributed by atoms with Gasteiger partial charge in [0.1, 0.15) is 5.75 Å². The number of ether oxygens (including phenoxy) is 1. The highest BCUT2D eigenvalue weighted by Gasteiger charge is 2.15. The van der Waals surface area contributed by atoms with Gasteiger partial charge >= 0.3 is 0 Å². The first-order valence-electron chi connectivity index (χ1n) is 7.99. The van der Waals surface area contributed by atoms with E-state index in [1.54, 1.807) is 13.2 Å². The van der Waals surface area contributed by atoms with Gasteiger partial charge in [0.05, 0.1) is 29.7 Å². The molecule has 2 amide bonds. The summed E-state index contributed by atoms with van der Waals surface area (Å²) in [5.74, 6) is -0.0165. The number of hydrogen-bond donors (Lipinski definition) is 2. The summed E-state index contributed by atoms with van der Waals surface area (Å²) < 4.78 is 5.34. The summed E-state index contributed by atoms with van der Waals surface area (Å²) in [6.07, 6.45) is 0. The molecule has 138 valence electrons. The van der Waals surface area contributed by atoms with E-state index in [9.17, 15) is 9.59 Å². The quantitative estimate of drug-likeness (QED) is 0.779. The topological polar surface area (TPSA) is 67.4 Å². The number of hydrogen-bond acceptors (Lipinski definition) is 3. The van der Waals surface area contributed by atoms with Crippen molar-refractivity contribution in [3.8, 4) is 5.75 Å². The van der Waals surface area contributed by atoms with Crippen LogP contribution in [0.2, 0.25) is 10.0 Å². The van der Waals surface area contributed by atoms with Crippen LogP contribution in [0.25, 0.3) is 0 Å². The number of methoxy groups -OCH3 is 1. The minimum Gasteiger partial charge on any atom is -0.496 e. The van der Waals surface area contributed by atoms with Crippen molar-refractivity contribution in [1.29, 1.82) is 0 Å². The molecular weight excluding hydrogens is 375 g/mol. The minimum atomic E-state index is -0.403. The van der Waals surface area contributed by atoms with Crippen LogP contribution in [0.3, 0.4) is 0 Å². The first-order chi connectivity index (χ1) is 12.3. The zero-order valence-electron chi connectivity index (χ0n) is 14.7. The number of carbonyl (C=O) groups excluding carboxylic acids is 2. The Labute approximate surface area is 162 Å². The predicted octanol–water partition coefficient (Wildman–Crippen LogP) is 3.92. The molecule has 5 nitrogen and oxygen atoms in total. The second-order valence-corrected chi connectivity index (χ2v) is 6.66. The fourth-order valence-corrected chi connectivity index (χ4v) is 2.76. The van der Waals surface area contributed by atoms with Gasteiger partial charge in [0.15, 0.2) is 0 Å². The van der Waals surface area contributed by atoms with Gasteiger partial charge in [0, 0.05) is 11.1 Å². The second kappa shape index (κ2) is 8.92. The molecule has 2 rings (SSSR count). The third-order valence-electron chi connectivity index (χ3n) is 3.82. The fourth-order valence-electron chi connectivity index (χ4n) is 2.46. The molecule has 0 aromatic heterocycles. The molecule has 0 aliphatic rings. The molecule has 0 spiro atoms. The van der Waals surface area contributed by atoms with Crippen LogP contribution in [0.15, 0.2) is 36.4 Å². The summed E-state index contributed by atoms with van der Waals surface area (Å²) in [6, 6.07) is 10.0. The Bertz CT molecular complexity index is 824. The molecule has 0 heterocycles. The van der Waals surface area contributed by atoms with E-state index in [2.05, 4.69) is 10.6 Å². The Morgan fingerprint density at radius 1 is 1.12 bits per heavy atom. The van der Waals surface area contributed by atoms with Crippen molar-refractivity contribution in [1.82, 2.24) is 10.6 Å². The van der Waals surface area contributed by atoms with E-state index in [0.29, 0.717) is 16.3 Å². The average molecular weight is 395 g/mol. The number of nitrogens with one attached hydrogen (secondary N) is 2. The lowest BCUT2D eigenvalue weighted by Crippen LogP contribution is -2.38. The maximum absolute atomic E-state index is 12.2. The lowest BCUT2D eigenvalue weighted by molar-refractivity contribution is -0.120. The monoisotopic (exact) mass is 394 g/mol. The number of aryl methyl sites for hydroxylation is 1. The van der Waals surface area contributed by atoms with Gasteiger partial charge in [0.2, 0.25) is 5.91 Å². The van der Waals surface area contributed by atoms with Crippen LogP contribution in [-0.4, -0.2) is 25.5 Å². The van der Waals surface area contributed by atoms with Gasteiger partial charge in [-0.05, 0) is 38.1 Å². The molecule has 0 saturated carbocycles. The van der Waals surface area contributed by atoms with Crippen molar-refractivity contribution in [2.75, 3.05) is 13.7 Å². The van der Waals surface area contributed by atoms with Crippen LogP contribution in [0, 0.1) is 6.92 Å². The number of amides is 2. The Morgan fingerprint density at radius 2 is 1.85 bits per heavy atom. The largest absolute Gasteiger partial charge is 0.496 e. The van der Waals surface area contributed by atoms with E-state index >= 15 is 0 Å². The zero-order chi connectivity index (χ0) is 19.3. The Balaban J connectivity index is 1.95. The highest BCUT2D eigenvalue weighted by Crippen LogP contribution is 2.26. The molecule has 0 radical (unpaired) electrons. The van der Waals surface area contributed by atoms with Crippen LogP contribution < -0.4 is 15.4 Å². The summed E-state index contributed by atoms with van der Waals surface area (Å²) >= 11 is 11.7. The minimum absolute atomic E-state index is 0.155. The van der Waals surface area contributed by atoms with Crippen molar-refractivity contribution in [3.05, 3.63) is 63.1 Å². The van der Waals surface area contributed by atoms with Crippen LogP contribution in [-0.2, 0) is 4.79 Å². The third kappa shape index (κ3) is 5.13. The summed E-state index contributed by atoms with van der Waals surface area (Å²) in [5, 5.41) is 6.05. The molecule has 0 aliphatic heterocycles. The average Bonchev–Trinajstić information content (AvgIpc) is 2.61. The highest BCUT2D eigenvalue weighted by molar-refractivity contribution is 6.42. The third-order valence-corrected chi connectivity index (χ3v) is 4.56. The Kier molecular flexibility index (Phi) is 6.89. The number of benzene rings is 2. The molecular formula is C19H20Cl2N2O3. The van der Waals surface area contributed by atoms with Crippen LogP contribution in [0.1, 0.15) is 34.5 Å². The molecule has 0 aliphatic carbocycles. The molecule has 26 heavy (non-hydrogen) atoms. The van der Waals surface area contributed by atoms with Crippen molar-refractivity contribution in [2.45, 2.75) is 19.9 Å². The highest BCUT2D eigenvalue weighted by atomic mass is 35.5. The number of rotatable bonds is 6. The molecule has 0 saturated heterocycles. The van der Waals surface area contributed by atoms with E-state index in [1.807, 2.05) is 32.0 Å². The number of carbonyl (C=O) groups is 2. The lowest BCUT2D eigenvalue weighted by atomic mass is 10.0. The fraction of sp³-hybridized carbons (Fsp3) is 0.263. The summed E-state index contributed by atoms with van der Waals surface area (Å²) in [6.45, 7) is 3.67. The van der Waals surface area contributed by atoms with E-state index in [-0.39, 0.29) is 23.5 Å². The van der Waals surface area contributed by atoms with Crippen molar-refractivity contribution >= 4 is 35.0 Å². The first-order valence-corrected chi connectivity index (χ1v) is 8.74. The van der Waals surface area contributed by atoms with Gasteiger partial charge in [-0.25, -0.2) is 0 Å². The van der Waals surface area contributed by atoms with Gasteiger partial charge in [-0.2, -0.15) is 0 Å². The smallest absolute Gasteiger partial charge is 0.251 e. The second-order valence-electron chi connectivity index (χ2n) is 5.85. The molecule has 1 unspecified atom stereocenters. The Morgan fingerprint density at radius 3 is 2.50 bits per heavy atom. The van der Waals surface area contributed by atoms with Gasteiger partial charge in [-0.3, -0.25) is 9.59 Å². The van der Waals surface area contributed by atoms with Crippen LogP contribution in [0.4, 0.5) is 0 Å². The summed E-state index contributed by atoms with van der Waals surface area (Å²) in [4.78, 5) is 24.3. The lowest BCUT2D eigenvalue weighted by Gasteiger charge is -2.18. The Hall–Kier alpha value is -2.24. The summed E-state index contributed by atoms with van der Waals surface area (Å²) in [5.41, 5.74) is 2.27. The molecule has 2 aromatic carbocycles. The molecule has 1 atom stereocenters. The van der Waals surface area contributed by atoms with E-state index in [4.69, 9.17) is 27.9 Å². The standard InChI is InChI=1S/C19H20Cl2N2O3/c1-11-4-7-17(26-3)14(8-11)12(2)23-18(24)10-22-19(25)13-5-6-15(20)16(21)9-13/h4-9,12H,10H2,1-3H3,(H,22,25)(H,23,24). The van der Waals surface area contributed by atoms with E-state index < -0.39 is 5.91 Å². The van der Waals surface area contributed by atoms with Gasteiger partial charge < -0.3 is 15.4 Å². The molecule has 0 fully saturated rings. The van der Waals surface area contributed by atoms with Gasteiger partial charge in [0.25, 0.3) is 5.91 Å². The predicted molar refractivity (Wildman–Crippen MR) is 103 cm³/mol. The first kappa shape index (κ1) is 20.1. The maximum Gasteiger partial charge on any atom is 0.251 e. The molecule has 7 heteroatoms. The zero-order valence-corrected chi connectivity index (χ0v) is 16.2. The number of halogens is 2. The normalized spacial score (nSPS) is 11.6. The van der Waals surface area contributed by atoms with E-state index in [0.717, 1.165) is 11.1 Å². The maximum atomic E-state index is 12.2. The van der Waals surface area contributed by atoms with Crippen molar-refractivity contribution < 1.29 is 14.3 Å². The molecule has 2 aromatic rings. The van der Waals surface area contributed by atoms with E-state index in [1.165, 1.54) is 12.1 Å². The SMILES string of the molecule is COc1ccc(C)cc1C(C)NC(=O)CNC(=O)c1ccc(Cl)c(Cl)c1. The molecule has 0 bridgehead atoms.